The van der Waals surface area contributed by atoms with Crippen LogP contribution in [0.2, 0.25) is 5.02 Å². The molecule has 0 aliphatic carbocycles. The van der Waals surface area contributed by atoms with Crippen LogP contribution in [0, 0.1) is 0 Å². The molecule has 0 saturated carbocycles. The Bertz CT molecular complexity index is 813. The molecule has 0 bridgehead atoms. The molecular weight excluding hydrogens is 515 g/mol. The molecule has 7 nitrogen and oxygen atoms in total. The van der Waals surface area contributed by atoms with Gasteiger partial charge in [-0.25, -0.2) is 8.42 Å². The third-order valence-electron chi connectivity index (χ3n) is 4.79. The van der Waals surface area contributed by atoms with Crippen LogP contribution in [0.1, 0.15) is 19.4 Å². The Morgan fingerprint density at radius 1 is 1.25 bits per heavy atom. The molecule has 28 heavy (non-hydrogen) atoms. The molecule has 1 N–H and O–H groups in total. The van der Waals surface area contributed by atoms with Gasteiger partial charge in [0.15, 0.2) is 15.8 Å². The van der Waals surface area contributed by atoms with Gasteiger partial charge in [0.05, 0.1) is 11.3 Å². The van der Waals surface area contributed by atoms with Gasteiger partial charge in [0.2, 0.25) is 5.91 Å². The first kappa shape index (κ1) is 25.0. The van der Waals surface area contributed by atoms with E-state index in [1.807, 2.05) is 29.2 Å². The second-order valence-electron chi connectivity index (χ2n) is 7.30. The minimum absolute atomic E-state index is 0. The van der Waals surface area contributed by atoms with Gasteiger partial charge in [-0.15, -0.1) is 24.0 Å². The van der Waals surface area contributed by atoms with Gasteiger partial charge in [-0.2, -0.15) is 0 Å². The first-order valence-electron chi connectivity index (χ1n) is 8.71. The topological polar surface area (TPSA) is 82.1 Å². The summed E-state index contributed by atoms with van der Waals surface area (Å²) in [4.78, 5) is 20.4. The Balaban J connectivity index is 0.00000392. The van der Waals surface area contributed by atoms with Crippen molar-refractivity contribution in [2.24, 2.45) is 4.99 Å². The highest BCUT2D eigenvalue weighted by Crippen LogP contribution is 2.15. The van der Waals surface area contributed by atoms with Crippen LogP contribution in [0.3, 0.4) is 0 Å². The molecule has 1 heterocycles. The van der Waals surface area contributed by atoms with Gasteiger partial charge in [-0.3, -0.25) is 9.79 Å². The summed E-state index contributed by atoms with van der Waals surface area (Å²) in [6.07, 6.45) is 1.22. The zero-order valence-electron chi connectivity index (χ0n) is 16.6. The Kier molecular flexibility index (Phi) is 9.01. The van der Waals surface area contributed by atoms with Crippen LogP contribution in [0.15, 0.2) is 29.3 Å². The number of aliphatic imine (C=N–C) groups is 1. The molecule has 10 heteroatoms. The minimum atomic E-state index is -3.21. The van der Waals surface area contributed by atoms with Crippen LogP contribution < -0.4 is 5.32 Å². The summed E-state index contributed by atoms with van der Waals surface area (Å²) in [5.41, 5.74) is 1.03. The van der Waals surface area contributed by atoms with Crippen LogP contribution >= 0.6 is 35.6 Å². The zero-order valence-corrected chi connectivity index (χ0v) is 20.5. The summed E-state index contributed by atoms with van der Waals surface area (Å²) in [6.45, 7) is 5.48. The van der Waals surface area contributed by atoms with Crippen LogP contribution in [-0.2, 0) is 21.2 Å². The third-order valence-corrected chi connectivity index (χ3v) is 7.20. The van der Waals surface area contributed by atoms with E-state index in [2.05, 4.69) is 10.3 Å². The van der Waals surface area contributed by atoms with Gasteiger partial charge in [-0.05, 0) is 31.5 Å². The van der Waals surface area contributed by atoms with Crippen molar-refractivity contribution in [2.45, 2.75) is 25.1 Å². The fourth-order valence-corrected chi connectivity index (χ4v) is 3.08. The molecule has 0 radical (unpaired) electrons. The maximum absolute atomic E-state index is 12.5. The molecule has 0 spiro atoms. The number of piperazine rings is 1. The molecule has 1 aromatic carbocycles. The Morgan fingerprint density at radius 2 is 1.86 bits per heavy atom. The molecule has 2 rings (SSSR count). The van der Waals surface area contributed by atoms with Crippen LogP contribution in [0.5, 0.6) is 0 Å². The number of carbonyl (C=O) groups is 1. The average Bonchev–Trinajstić information content (AvgIpc) is 2.58. The van der Waals surface area contributed by atoms with Crippen molar-refractivity contribution < 1.29 is 13.2 Å². The average molecular weight is 543 g/mol. The monoisotopic (exact) mass is 542 g/mol. The SMILES string of the molecule is CN=C(NCC(C)(C)S(C)(=O)=O)N1CCN(Cc2ccc(Cl)cc2)C(=O)C1.I. The Morgan fingerprint density at radius 3 is 2.36 bits per heavy atom. The van der Waals surface area contributed by atoms with E-state index in [0.717, 1.165) is 5.56 Å². The standard InChI is InChI=1S/C18H27ClN4O3S.HI/c1-18(2,27(4,25)26)13-21-17(20-3)23-10-9-22(16(24)12-23)11-14-5-7-15(19)8-6-14;/h5-8H,9-13H2,1-4H3,(H,20,21);1H. The van der Waals surface area contributed by atoms with Crippen LogP contribution in [0.4, 0.5) is 0 Å². The van der Waals surface area contributed by atoms with E-state index in [9.17, 15) is 13.2 Å². The van der Waals surface area contributed by atoms with Gasteiger partial charge in [0.1, 0.15) is 0 Å². The summed E-state index contributed by atoms with van der Waals surface area (Å²) in [5, 5.41) is 3.76. The molecule has 1 aliphatic heterocycles. The summed E-state index contributed by atoms with van der Waals surface area (Å²) in [5.74, 6) is 0.535. The van der Waals surface area contributed by atoms with Gasteiger partial charge in [-0.1, -0.05) is 23.7 Å². The van der Waals surface area contributed by atoms with E-state index < -0.39 is 14.6 Å². The second kappa shape index (κ2) is 10.1. The van der Waals surface area contributed by atoms with E-state index in [0.29, 0.717) is 30.6 Å². The largest absolute Gasteiger partial charge is 0.355 e. The number of hydrogen-bond donors (Lipinski definition) is 1. The number of nitrogens with zero attached hydrogens (tertiary/aromatic N) is 3. The molecule has 1 aliphatic rings. The number of halogens is 2. The molecule has 0 atom stereocenters. The van der Waals surface area contributed by atoms with Gasteiger partial charge in [0.25, 0.3) is 0 Å². The predicted octanol–water partition coefficient (Wildman–Crippen LogP) is 2.00. The maximum Gasteiger partial charge on any atom is 0.242 e. The Labute approximate surface area is 189 Å². The van der Waals surface area contributed by atoms with E-state index in [-0.39, 0.29) is 43.0 Å². The molecule has 158 valence electrons. The lowest BCUT2D eigenvalue weighted by Crippen LogP contribution is -2.56. The first-order valence-corrected chi connectivity index (χ1v) is 11.0. The smallest absolute Gasteiger partial charge is 0.242 e. The minimum Gasteiger partial charge on any atom is -0.355 e. The molecule has 1 saturated heterocycles. The summed E-state index contributed by atoms with van der Waals surface area (Å²) >= 11 is 5.90. The third kappa shape index (κ3) is 6.48. The highest BCUT2D eigenvalue weighted by atomic mass is 127. The quantitative estimate of drug-likeness (QED) is 0.350. The number of nitrogens with one attached hydrogen (secondary N) is 1. The van der Waals surface area contributed by atoms with Crippen molar-refractivity contribution in [3.63, 3.8) is 0 Å². The lowest BCUT2D eigenvalue weighted by Gasteiger charge is -2.37. The zero-order chi connectivity index (χ0) is 20.2. The van der Waals surface area contributed by atoms with Crippen LogP contribution in [0.25, 0.3) is 0 Å². The number of benzene rings is 1. The summed E-state index contributed by atoms with van der Waals surface area (Å²) in [6, 6.07) is 7.45. The fraction of sp³-hybridized carbons (Fsp3) is 0.556. The summed E-state index contributed by atoms with van der Waals surface area (Å²) in [7, 11) is -1.59. The van der Waals surface area contributed by atoms with Gasteiger partial charge in [0, 0.05) is 44.5 Å². The highest BCUT2D eigenvalue weighted by Gasteiger charge is 2.32. The molecule has 0 aromatic heterocycles. The van der Waals surface area contributed by atoms with Crippen molar-refractivity contribution >= 4 is 57.3 Å². The number of rotatable bonds is 5. The van der Waals surface area contributed by atoms with Crippen molar-refractivity contribution in [1.82, 2.24) is 15.1 Å². The van der Waals surface area contributed by atoms with Crippen molar-refractivity contribution in [3.05, 3.63) is 34.9 Å². The maximum atomic E-state index is 12.5. The molecule has 1 amide bonds. The summed E-state index contributed by atoms with van der Waals surface area (Å²) < 4.78 is 22.8. The number of sulfone groups is 1. The van der Waals surface area contributed by atoms with E-state index >= 15 is 0 Å². The lowest BCUT2D eigenvalue weighted by molar-refractivity contribution is -0.135. The number of guanidine groups is 1. The lowest BCUT2D eigenvalue weighted by atomic mass is 10.2. The number of amides is 1. The molecule has 1 fully saturated rings. The normalized spacial score (nSPS) is 16.0. The van der Waals surface area contributed by atoms with Crippen LogP contribution in [-0.4, -0.2) is 74.3 Å². The van der Waals surface area contributed by atoms with Crippen molar-refractivity contribution in [2.75, 3.05) is 39.5 Å². The van der Waals surface area contributed by atoms with E-state index in [4.69, 9.17) is 11.6 Å². The predicted molar refractivity (Wildman–Crippen MR) is 124 cm³/mol. The second-order valence-corrected chi connectivity index (χ2v) is 10.4. The van der Waals surface area contributed by atoms with Gasteiger partial charge < -0.3 is 15.1 Å². The van der Waals surface area contributed by atoms with Crippen molar-refractivity contribution in [1.29, 1.82) is 0 Å². The van der Waals surface area contributed by atoms with Crippen molar-refractivity contribution in [3.8, 4) is 0 Å². The molecule has 0 unspecified atom stereocenters. The number of hydrogen-bond acceptors (Lipinski definition) is 4. The molecular formula is C18H28ClIN4O3S. The van der Waals surface area contributed by atoms with E-state index in [1.165, 1.54) is 6.26 Å². The highest BCUT2D eigenvalue weighted by molar-refractivity contribution is 14.0. The molecule has 1 aromatic rings. The number of carbonyl (C=O) groups excluding carboxylic acids is 1. The van der Waals surface area contributed by atoms with Gasteiger partial charge >= 0.3 is 0 Å². The Hall–Kier alpha value is -1.07. The fourth-order valence-electron chi connectivity index (χ4n) is 2.62. The van der Waals surface area contributed by atoms with E-state index in [1.54, 1.807) is 25.8 Å². The first-order chi connectivity index (χ1) is 12.5.